The highest BCUT2D eigenvalue weighted by Crippen LogP contribution is 2.24. The van der Waals surface area contributed by atoms with Gasteiger partial charge in [-0.15, -0.1) is 0 Å². The first-order chi connectivity index (χ1) is 8.11. The molecule has 17 heavy (non-hydrogen) atoms. The van der Waals surface area contributed by atoms with E-state index in [-0.39, 0.29) is 16.2 Å². The molecule has 1 aliphatic rings. The molecular weight excluding hydrogens is 259 g/mol. The molecule has 0 radical (unpaired) electrons. The summed E-state index contributed by atoms with van der Waals surface area (Å²) in [5, 5.41) is 0.515. The van der Waals surface area contributed by atoms with Crippen molar-refractivity contribution < 1.29 is 4.79 Å². The van der Waals surface area contributed by atoms with Crippen molar-refractivity contribution in [2.24, 2.45) is 0 Å². The van der Waals surface area contributed by atoms with E-state index in [0.717, 1.165) is 25.8 Å². The van der Waals surface area contributed by atoms with E-state index in [4.69, 9.17) is 23.2 Å². The van der Waals surface area contributed by atoms with Crippen LogP contribution in [-0.4, -0.2) is 28.4 Å². The number of hydrogen-bond donors (Lipinski definition) is 0. The SMILES string of the molecule is CCC1CCCN1C(=O)c1cc(Cl)nc(Cl)c1. The van der Waals surface area contributed by atoms with Crippen molar-refractivity contribution >= 4 is 29.1 Å². The van der Waals surface area contributed by atoms with E-state index in [2.05, 4.69) is 11.9 Å². The molecule has 0 aliphatic carbocycles. The fraction of sp³-hybridized carbons (Fsp3) is 0.500. The third kappa shape index (κ3) is 2.72. The highest BCUT2D eigenvalue weighted by molar-refractivity contribution is 6.33. The topological polar surface area (TPSA) is 33.2 Å². The second-order valence-electron chi connectivity index (χ2n) is 4.20. The highest BCUT2D eigenvalue weighted by atomic mass is 35.5. The summed E-state index contributed by atoms with van der Waals surface area (Å²) >= 11 is 11.6. The average molecular weight is 273 g/mol. The standard InChI is InChI=1S/C12H14Cl2N2O/c1-2-9-4-3-5-16(9)12(17)8-6-10(13)15-11(14)7-8/h6-7,9H,2-5H2,1H3. The molecule has 3 nitrogen and oxygen atoms in total. The second-order valence-corrected chi connectivity index (χ2v) is 4.98. The van der Waals surface area contributed by atoms with Gasteiger partial charge in [-0.05, 0) is 31.4 Å². The average Bonchev–Trinajstić information content (AvgIpc) is 2.74. The lowest BCUT2D eigenvalue weighted by Crippen LogP contribution is -2.35. The zero-order chi connectivity index (χ0) is 12.4. The van der Waals surface area contributed by atoms with Crippen LogP contribution in [0.25, 0.3) is 0 Å². The highest BCUT2D eigenvalue weighted by Gasteiger charge is 2.28. The summed E-state index contributed by atoms with van der Waals surface area (Å²) in [6, 6.07) is 3.48. The van der Waals surface area contributed by atoms with Crippen LogP contribution in [0.15, 0.2) is 12.1 Å². The number of pyridine rings is 1. The zero-order valence-corrected chi connectivity index (χ0v) is 11.1. The predicted molar refractivity (Wildman–Crippen MR) is 68.6 cm³/mol. The van der Waals surface area contributed by atoms with Gasteiger partial charge in [0.1, 0.15) is 10.3 Å². The quantitative estimate of drug-likeness (QED) is 0.774. The van der Waals surface area contributed by atoms with Gasteiger partial charge in [-0.3, -0.25) is 4.79 Å². The van der Waals surface area contributed by atoms with Crippen LogP contribution in [-0.2, 0) is 0 Å². The number of rotatable bonds is 2. The Balaban J connectivity index is 2.24. The summed E-state index contributed by atoms with van der Waals surface area (Å²) in [5.41, 5.74) is 0.523. The summed E-state index contributed by atoms with van der Waals surface area (Å²) in [7, 11) is 0. The van der Waals surface area contributed by atoms with E-state index in [1.54, 1.807) is 12.1 Å². The molecule has 92 valence electrons. The van der Waals surface area contributed by atoms with E-state index in [0.29, 0.717) is 11.6 Å². The molecule has 1 amide bonds. The number of hydrogen-bond acceptors (Lipinski definition) is 2. The van der Waals surface area contributed by atoms with Crippen molar-refractivity contribution in [3.8, 4) is 0 Å². The Bertz CT molecular complexity index is 416. The van der Waals surface area contributed by atoms with Crippen molar-refractivity contribution in [2.75, 3.05) is 6.54 Å². The largest absolute Gasteiger partial charge is 0.336 e. The molecule has 0 bridgehead atoms. The molecule has 2 rings (SSSR count). The summed E-state index contributed by atoms with van der Waals surface area (Å²) < 4.78 is 0. The monoisotopic (exact) mass is 272 g/mol. The fourth-order valence-electron chi connectivity index (χ4n) is 2.28. The van der Waals surface area contributed by atoms with Crippen molar-refractivity contribution in [2.45, 2.75) is 32.2 Å². The summed E-state index contributed by atoms with van der Waals surface area (Å²) in [5.74, 6) is 0.000509. The predicted octanol–water partition coefficient (Wildman–Crippen LogP) is 3.40. The zero-order valence-electron chi connectivity index (χ0n) is 9.62. The maximum atomic E-state index is 12.3. The van der Waals surface area contributed by atoms with Gasteiger partial charge in [0.15, 0.2) is 0 Å². The molecule has 0 N–H and O–H groups in total. The first-order valence-electron chi connectivity index (χ1n) is 5.76. The molecule has 1 aromatic rings. The Labute approximate surface area is 111 Å². The van der Waals surface area contributed by atoms with Crippen LogP contribution in [0.5, 0.6) is 0 Å². The lowest BCUT2D eigenvalue weighted by atomic mass is 10.1. The lowest BCUT2D eigenvalue weighted by Gasteiger charge is -2.23. The maximum absolute atomic E-state index is 12.3. The summed E-state index contributed by atoms with van der Waals surface area (Å²) in [4.78, 5) is 18.0. The Kier molecular flexibility index (Phi) is 3.89. The van der Waals surface area contributed by atoms with Crippen molar-refractivity contribution in [1.82, 2.24) is 9.88 Å². The maximum Gasteiger partial charge on any atom is 0.254 e. The van der Waals surface area contributed by atoms with E-state index >= 15 is 0 Å². The number of carbonyl (C=O) groups is 1. The number of likely N-dealkylation sites (tertiary alicyclic amines) is 1. The molecule has 1 fully saturated rings. The van der Waals surface area contributed by atoms with Gasteiger partial charge < -0.3 is 4.90 Å². The Morgan fingerprint density at radius 1 is 1.47 bits per heavy atom. The van der Waals surface area contributed by atoms with Crippen molar-refractivity contribution in [1.29, 1.82) is 0 Å². The molecule has 1 aliphatic heterocycles. The minimum Gasteiger partial charge on any atom is -0.336 e. The number of amides is 1. The molecule has 0 spiro atoms. The Morgan fingerprint density at radius 3 is 2.71 bits per heavy atom. The van der Waals surface area contributed by atoms with E-state index in [1.807, 2.05) is 4.90 Å². The van der Waals surface area contributed by atoms with Crippen molar-refractivity contribution in [3.63, 3.8) is 0 Å². The minimum atomic E-state index is 0.000509. The van der Waals surface area contributed by atoms with E-state index in [1.165, 1.54) is 0 Å². The van der Waals surface area contributed by atoms with Crippen LogP contribution in [0.3, 0.4) is 0 Å². The Morgan fingerprint density at radius 2 is 2.12 bits per heavy atom. The third-order valence-electron chi connectivity index (χ3n) is 3.12. The molecule has 1 saturated heterocycles. The molecule has 0 aromatic carbocycles. The van der Waals surface area contributed by atoms with Gasteiger partial charge in [-0.1, -0.05) is 30.1 Å². The third-order valence-corrected chi connectivity index (χ3v) is 3.51. The molecule has 2 heterocycles. The summed E-state index contributed by atoms with van der Waals surface area (Å²) in [6.45, 7) is 2.91. The lowest BCUT2D eigenvalue weighted by molar-refractivity contribution is 0.0733. The first kappa shape index (κ1) is 12.7. The van der Waals surface area contributed by atoms with Crippen LogP contribution >= 0.6 is 23.2 Å². The van der Waals surface area contributed by atoms with Crippen LogP contribution in [0.1, 0.15) is 36.5 Å². The number of carbonyl (C=O) groups excluding carboxylic acids is 1. The van der Waals surface area contributed by atoms with Gasteiger partial charge in [-0.25, -0.2) is 4.98 Å². The number of aromatic nitrogens is 1. The van der Waals surface area contributed by atoms with Gasteiger partial charge in [0.2, 0.25) is 0 Å². The minimum absolute atomic E-state index is 0.000509. The van der Waals surface area contributed by atoms with E-state index < -0.39 is 0 Å². The first-order valence-corrected chi connectivity index (χ1v) is 6.51. The van der Waals surface area contributed by atoms with Gasteiger partial charge in [-0.2, -0.15) is 0 Å². The van der Waals surface area contributed by atoms with Crippen molar-refractivity contribution in [3.05, 3.63) is 28.0 Å². The Hall–Kier alpha value is -0.800. The second kappa shape index (κ2) is 5.23. The van der Waals surface area contributed by atoms with Gasteiger partial charge in [0.05, 0.1) is 0 Å². The van der Waals surface area contributed by atoms with E-state index in [9.17, 15) is 4.79 Å². The molecule has 1 atom stereocenters. The molecule has 0 saturated carbocycles. The molecular formula is C12H14Cl2N2O. The van der Waals surface area contributed by atoms with Gasteiger partial charge >= 0.3 is 0 Å². The van der Waals surface area contributed by atoms with Gasteiger partial charge in [0, 0.05) is 18.2 Å². The molecule has 5 heteroatoms. The molecule has 1 unspecified atom stereocenters. The van der Waals surface area contributed by atoms with Crippen LogP contribution < -0.4 is 0 Å². The van der Waals surface area contributed by atoms with Crippen LogP contribution in [0.2, 0.25) is 10.3 Å². The van der Waals surface area contributed by atoms with Crippen LogP contribution in [0.4, 0.5) is 0 Å². The summed E-state index contributed by atoms with van der Waals surface area (Å²) in [6.07, 6.45) is 3.13. The smallest absolute Gasteiger partial charge is 0.254 e. The molecule has 1 aromatic heterocycles. The van der Waals surface area contributed by atoms with Gasteiger partial charge in [0.25, 0.3) is 5.91 Å². The fourth-order valence-corrected chi connectivity index (χ4v) is 2.74. The number of halogens is 2. The number of nitrogens with zero attached hydrogens (tertiary/aromatic N) is 2. The van der Waals surface area contributed by atoms with Crippen LogP contribution in [0, 0.1) is 0 Å². The normalized spacial score (nSPS) is 19.7.